The first-order valence-corrected chi connectivity index (χ1v) is 9.57. The zero-order valence-corrected chi connectivity index (χ0v) is 17.1. The molecular weight excluding hydrogens is 300 g/mol. The molecule has 170 valence electrons. The van der Waals surface area contributed by atoms with Crippen LogP contribution in [0.2, 0.25) is 0 Å². The van der Waals surface area contributed by atoms with E-state index in [2.05, 4.69) is 69.2 Å². The predicted octanol–water partition coefficient (Wildman–Crippen LogP) is 12.2. The molecule has 0 unspecified atom stereocenters. The van der Waals surface area contributed by atoms with E-state index >= 15 is 0 Å². The molecular formula is C25H70. The molecule has 0 aromatic rings. The zero-order chi connectivity index (χ0) is 17.1. The van der Waals surface area contributed by atoms with Gasteiger partial charge in [0.2, 0.25) is 0 Å². The van der Waals surface area contributed by atoms with Gasteiger partial charge in [0.15, 0.2) is 0 Å². The summed E-state index contributed by atoms with van der Waals surface area (Å²) in [5, 5.41) is 0. The minimum absolute atomic E-state index is 0. The summed E-state index contributed by atoms with van der Waals surface area (Å²) in [4.78, 5) is 0. The molecule has 0 bridgehead atoms. The third-order valence-corrected chi connectivity index (χ3v) is 1.66. The molecule has 0 rings (SSSR count). The van der Waals surface area contributed by atoms with Gasteiger partial charge in [0, 0.05) is 0 Å². The van der Waals surface area contributed by atoms with Gasteiger partial charge < -0.3 is 0 Å². The van der Waals surface area contributed by atoms with Gasteiger partial charge >= 0.3 is 0 Å². The second-order valence-electron chi connectivity index (χ2n) is 5.18. The lowest BCUT2D eigenvalue weighted by Crippen LogP contribution is -1.66. The Hall–Kier alpha value is 0. The Morgan fingerprint density at radius 2 is 0.400 bits per heavy atom. The third-order valence-electron chi connectivity index (χ3n) is 1.66. The van der Waals surface area contributed by atoms with E-state index in [0.717, 1.165) is 0 Å². The summed E-state index contributed by atoms with van der Waals surface area (Å²) in [5.41, 5.74) is 0. The Labute approximate surface area is 171 Å². The molecule has 0 aliphatic carbocycles. The molecule has 0 aliphatic heterocycles. The lowest BCUT2D eigenvalue weighted by Gasteiger charge is -1.86. The van der Waals surface area contributed by atoms with E-state index in [1.54, 1.807) is 0 Å². The Balaban J connectivity index is -0.0000000138. The Morgan fingerprint density at radius 1 is 0.280 bits per heavy atom. The topological polar surface area (TPSA) is 0 Å². The van der Waals surface area contributed by atoms with Crippen molar-refractivity contribution in [3.63, 3.8) is 0 Å². The number of hydrogen-bond donors (Lipinski definition) is 0. The lowest BCUT2D eigenvalue weighted by atomic mass is 10.2. The van der Waals surface area contributed by atoms with Gasteiger partial charge in [-0.15, -0.1) is 0 Å². The van der Waals surface area contributed by atoms with Crippen molar-refractivity contribution in [2.24, 2.45) is 0 Å². The third kappa shape index (κ3) is 465. The first-order valence-electron chi connectivity index (χ1n) is 9.57. The van der Waals surface area contributed by atoms with Crippen molar-refractivity contribution in [3.8, 4) is 0 Å². The van der Waals surface area contributed by atoms with E-state index in [4.69, 9.17) is 0 Å². The molecule has 0 N–H and O–H groups in total. The van der Waals surface area contributed by atoms with Crippen LogP contribution in [0.3, 0.4) is 0 Å². The molecule has 0 fully saturated rings. The number of hydrogen-bond acceptors (Lipinski definition) is 0. The van der Waals surface area contributed by atoms with Crippen molar-refractivity contribution in [1.82, 2.24) is 0 Å². The second kappa shape index (κ2) is 127. The quantitative estimate of drug-likeness (QED) is 0.422. The Morgan fingerprint density at radius 3 is 0.440 bits per heavy atom. The first-order chi connectivity index (χ1) is 9.57. The van der Waals surface area contributed by atoms with Crippen molar-refractivity contribution in [2.75, 3.05) is 0 Å². The maximum Gasteiger partial charge on any atom is -0.0536 e. The summed E-state index contributed by atoms with van der Waals surface area (Å²) < 4.78 is 0. The van der Waals surface area contributed by atoms with Crippen LogP contribution < -0.4 is 0 Å². The summed E-state index contributed by atoms with van der Waals surface area (Å²) >= 11 is 0. The molecule has 0 aromatic heterocycles. The molecule has 0 heteroatoms. The van der Waals surface area contributed by atoms with Crippen LogP contribution in [0.5, 0.6) is 0 Å². The van der Waals surface area contributed by atoms with Gasteiger partial charge in [-0.2, -0.15) is 0 Å². The molecule has 0 amide bonds. The summed E-state index contributed by atoms with van der Waals surface area (Å²) in [5.74, 6) is 0. The van der Waals surface area contributed by atoms with E-state index in [1.807, 2.05) is 0 Å². The average molecular weight is 371 g/mol. The highest BCUT2D eigenvalue weighted by atomic mass is 13.8. The van der Waals surface area contributed by atoms with Crippen LogP contribution in [0.4, 0.5) is 0 Å². The molecule has 0 aromatic carbocycles. The van der Waals surface area contributed by atoms with Gasteiger partial charge in [0.05, 0.1) is 0 Å². The lowest BCUT2D eigenvalue weighted by molar-refractivity contribution is 0.702. The Bertz CT molecular complexity index is 55.7. The average Bonchev–Trinajstić information content (AvgIpc) is 2.41. The van der Waals surface area contributed by atoms with E-state index in [-0.39, 0.29) is 37.1 Å². The summed E-state index contributed by atoms with van der Waals surface area (Å²) in [6, 6.07) is 0. The molecule has 0 nitrogen and oxygen atoms in total. The first kappa shape index (κ1) is 64.0. The molecule has 0 atom stereocenters. The van der Waals surface area contributed by atoms with Gasteiger partial charge in [-0.1, -0.05) is 171 Å². The monoisotopic (exact) mass is 371 g/mol. The molecule has 0 radical (unpaired) electrons. The molecule has 0 aliphatic rings. The van der Waals surface area contributed by atoms with Crippen LogP contribution >= 0.6 is 0 Å². The van der Waals surface area contributed by atoms with Crippen molar-refractivity contribution in [3.05, 3.63) is 0 Å². The summed E-state index contributed by atoms with van der Waals surface area (Å²) in [7, 11) is 0. The van der Waals surface area contributed by atoms with Crippen LogP contribution in [0.25, 0.3) is 0 Å². The Kier molecular flexibility index (Phi) is 325. The van der Waals surface area contributed by atoms with E-state index in [0.29, 0.717) is 0 Å². The van der Waals surface area contributed by atoms with Gasteiger partial charge in [0.1, 0.15) is 0 Å². The fraction of sp³-hybridized carbons (Fsp3) is 1.00. The minimum atomic E-state index is 0. The number of rotatable bonds is 5. The summed E-state index contributed by atoms with van der Waals surface area (Å²) in [6.45, 7) is 21.6. The smallest absolute Gasteiger partial charge is 0.0536 e. The highest BCUT2D eigenvalue weighted by Crippen LogP contribution is 1.95. The molecule has 0 spiro atoms. The van der Waals surface area contributed by atoms with Crippen LogP contribution in [0.15, 0.2) is 0 Å². The maximum absolute atomic E-state index is 2.23. The van der Waals surface area contributed by atoms with Crippen LogP contribution in [-0.4, -0.2) is 0 Å². The maximum atomic E-state index is 2.23. The highest BCUT2D eigenvalue weighted by molar-refractivity contribution is 4.31. The fourth-order valence-corrected chi connectivity index (χ4v) is 0.854. The highest BCUT2D eigenvalue weighted by Gasteiger charge is 1.75. The molecule has 25 heavy (non-hydrogen) atoms. The minimum Gasteiger partial charge on any atom is -0.0776 e. The van der Waals surface area contributed by atoms with Crippen molar-refractivity contribution >= 4 is 0 Å². The van der Waals surface area contributed by atoms with Crippen LogP contribution in [-0.2, 0) is 0 Å². The SMILES string of the molecule is C.C.C.C.C.CCC.CCC.CCC.CCCCC.CCCCCC. The summed E-state index contributed by atoms with van der Waals surface area (Å²) in [6.07, 6.45) is 13.4. The number of unbranched alkanes of at least 4 members (excludes halogenated alkanes) is 5. The standard InChI is InChI=1S/C6H14.C5H12.3C3H8.5CH4/c1-3-5-6-4-2;1-3-5-4-2;3*1-3-2;;;;;/h3-6H2,1-2H3;3-5H2,1-2H3;3*3H2,1-2H3;5*1H4. The van der Waals surface area contributed by atoms with E-state index < -0.39 is 0 Å². The van der Waals surface area contributed by atoms with Gasteiger partial charge in [-0.25, -0.2) is 0 Å². The largest absolute Gasteiger partial charge is 0.0776 e. The zero-order valence-electron chi connectivity index (χ0n) is 17.1. The second-order valence-corrected chi connectivity index (χ2v) is 5.18. The van der Waals surface area contributed by atoms with Crippen molar-refractivity contribution in [1.29, 1.82) is 0 Å². The van der Waals surface area contributed by atoms with Crippen LogP contribution in [0, 0.1) is 0 Å². The molecule has 0 saturated heterocycles. The van der Waals surface area contributed by atoms with Gasteiger partial charge in [-0.3, -0.25) is 0 Å². The van der Waals surface area contributed by atoms with Gasteiger partial charge in [-0.05, 0) is 0 Å². The van der Waals surface area contributed by atoms with Crippen LogP contribution in [0.1, 0.15) is 171 Å². The normalized spacial score (nSPS) is 6.00. The van der Waals surface area contributed by atoms with Gasteiger partial charge in [0.25, 0.3) is 0 Å². The van der Waals surface area contributed by atoms with E-state index in [9.17, 15) is 0 Å². The molecule has 0 heterocycles. The van der Waals surface area contributed by atoms with E-state index in [1.165, 1.54) is 64.2 Å². The van der Waals surface area contributed by atoms with Crippen molar-refractivity contribution < 1.29 is 0 Å². The predicted molar refractivity (Wildman–Crippen MR) is 137 cm³/mol. The van der Waals surface area contributed by atoms with Crippen molar-refractivity contribution in [2.45, 2.75) is 171 Å². The molecule has 0 saturated carbocycles. The fourth-order valence-electron chi connectivity index (χ4n) is 0.854.